The van der Waals surface area contributed by atoms with Crippen molar-refractivity contribution in [2.24, 2.45) is 0 Å². The van der Waals surface area contributed by atoms with Crippen LogP contribution in [0.4, 0.5) is 5.69 Å². The first-order chi connectivity index (χ1) is 7.84. The quantitative estimate of drug-likeness (QED) is 0.791. The minimum Gasteiger partial charge on any atom is -0.493 e. The molecule has 0 aliphatic carbocycles. The molecule has 0 radical (unpaired) electrons. The van der Waals surface area contributed by atoms with Crippen molar-refractivity contribution in [2.75, 3.05) is 25.6 Å². The van der Waals surface area contributed by atoms with Gasteiger partial charge in [0.25, 0.3) is 0 Å². The molecule has 0 aromatic heterocycles. The maximum Gasteiger partial charge on any atom is 0.160 e. The lowest BCUT2D eigenvalue weighted by Gasteiger charge is -2.23. The minimum atomic E-state index is -0.109. The fraction of sp³-hybridized carbons (Fsp3) is 0.500. The van der Waals surface area contributed by atoms with E-state index in [1.54, 1.807) is 0 Å². The van der Waals surface area contributed by atoms with Gasteiger partial charge in [0.15, 0.2) is 6.29 Å². The average molecular weight is 223 g/mol. The number of anilines is 1. The second kappa shape index (κ2) is 5.72. The molecule has 4 heteroatoms. The number of nitrogen functional groups attached to an aromatic ring is 1. The van der Waals surface area contributed by atoms with Gasteiger partial charge in [-0.2, -0.15) is 0 Å². The molecule has 0 spiro atoms. The Balaban J connectivity index is 1.69. The molecule has 4 nitrogen and oxygen atoms in total. The van der Waals surface area contributed by atoms with Crippen LogP contribution in [0.2, 0.25) is 0 Å². The highest BCUT2D eigenvalue weighted by molar-refractivity contribution is 5.41. The Bertz CT molecular complexity index is 307. The minimum absolute atomic E-state index is 0.109. The van der Waals surface area contributed by atoms with Crippen LogP contribution in [0.1, 0.15) is 12.8 Å². The molecule has 1 aliphatic heterocycles. The van der Waals surface area contributed by atoms with E-state index in [-0.39, 0.29) is 6.29 Å². The maximum absolute atomic E-state index is 5.58. The Hall–Kier alpha value is -1.26. The number of nitrogens with two attached hydrogens (primary N) is 1. The molecule has 0 amide bonds. The van der Waals surface area contributed by atoms with Gasteiger partial charge >= 0.3 is 0 Å². The van der Waals surface area contributed by atoms with Gasteiger partial charge in [-0.05, 0) is 30.7 Å². The molecular formula is C12H17NO3. The van der Waals surface area contributed by atoms with Crippen LogP contribution in [-0.2, 0) is 9.47 Å². The Kier molecular flexibility index (Phi) is 4.02. The summed E-state index contributed by atoms with van der Waals surface area (Å²) in [6.07, 6.45) is 1.63. The van der Waals surface area contributed by atoms with Crippen LogP contribution >= 0.6 is 0 Å². The Labute approximate surface area is 95.3 Å². The Morgan fingerprint density at radius 3 is 2.56 bits per heavy atom. The van der Waals surface area contributed by atoms with Gasteiger partial charge in [-0.15, -0.1) is 0 Å². The van der Waals surface area contributed by atoms with Gasteiger partial charge < -0.3 is 19.9 Å². The molecule has 2 N–H and O–H groups in total. The highest BCUT2D eigenvalue weighted by Gasteiger charge is 2.13. The molecule has 0 unspecified atom stereocenters. The Morgan fingerprint density at radius 1 is 1.19 bits per heavy atom. The van der Waals surface area contributed by atoms with Crippen LogP contribution in [0.25, 0.3) is 0 Å². The van der Waals surface area contributed by atoms with Gasteiger partial charge in [-0.3, -0.25) is 0 Å². The fourth-order valence-corrected chi connectivity index (χ4v) is 1.54. The summed E-state index contributed by atoms with van der Waals surface area (Å²) in [5.74, 6) is 0.824. The number of hydrogen-bond acceptors (Lipinski definition) is 4. The molecule has 88 valence electrons. The third-order valence-corrected chi connectivity index (χ3v) is 2.40. The molecule has 0 atom stereocenters. The van der Waals surface area contributed by atoms with Crippen LogP contribution in [0.3, 0.4) is 0 Å². The fourth-order valence-electron chi connectivity index (χ4n) is 1.54. The molecular weight excluding hydrogens is 206 g/mol. The zero-order valence-corrected chi connectivity index (χ0v) is 9.22. The highest BCUT2D eigenvalue weighted by Crippen LogP contribution is 2.14. The lowest BCUT2D eigenvalue weighted by atomic mass is 10.3. The number of ether oxygens (including phenoxy) is 3. The van der Waals surface area contributed by atoms with Crippen LogP contribution in [0, 0.1) is 0 Å². The van der Waals surface area contributed by atoms with E-state index in [2.05, 4.69) is 0 Å². The number of hydrogen-bond donors (Lipinski definition) is 1. The topological polar surface area (TPSA) is 53.7 Å². The normalized spacial score (nSPS) is 17.2. The molecule has 16 heavy (non-hydrogen) atoms. The van der Waals surface area contributed by atoms with Gasteiger partial charge in [0.05, 0.1) is 19.8 Å². The summed E-state index contributed by atoms with van der Waals surface area (Å²) in [4.78, 5) is 0. The molecule has 1 aromatic rings. The average Bonchev–Trinajstić information content (AvgIpc) is 2.33. The van der Waals surface area contributed by atoms with E-state index in [9.17, 15) is 0 Å². The van der Waals surface area contributed by atoms with Gasteiger partial charge in [-0.1, -0.05) is 0 Å². The van der Waals surface area contributed by atoms with E-state index in [1.807, 2.05) is 24.3 Å². The van der Waals surface area contributed by atoms with E-state index in [0.29, 0.717) is 6.61 Å². The lowest BCUT2D eigenvalue weighted by molar-refractivity contribution is -0.183. The SMILES string of the molecule is Nc1ccc(OCCC2OCCCO2)cc1. The molecule has 1 heterocycles. The zero-order valence-electron chi connectivity index (χ0n) is 9.22. The van der Waals surface area contributed by atoms with Crippen molar-refractivity contribution >= 4 is 5.69 Å². The number of rotatable bonds is 4. The summed E-state index contributed by atoms with van der Waals surface area (Å²) >= 11 is 0. The van der Waals surface area contributed by atoms with Crippen molar-refractivity contribution in [3.63, 3.8) is 0 Å². The van der Waals surface area contributed by atoms with Crippen molar-refractivity contribution in [2.45, 2.75) is 19.1 Å². The first-order valence-electron chi connectivity index (χ1n) is 5.56. The number of benzene rings is 1. The molecule has 1 fully saturated rings. The summed E-state index contributed by atoms with van der Waals surface area (Å²) in [6, 6.07) is 7.36. The molecule has 1 saturated heterocycles. The maximum atomic E-state index is 5.58. The highest BCUT2D eigenvalue weighted by atomic mass is 16.7. The van der Waals surface area contributed by atoms with Gasteiger partial charge in [-0.25, -0.2) is 0 Å². The zero-order chi connectivity index (χ0) is 11.2. The predicted octanol–water partition coefficient (Wildman–Crippen LogP) is 1.80. The molecule has 2 rings (SSSR count). The van der Waals surface area contributed by atoms with Crippen molar-refractivity contribution in [3.05, 3.63) is 24.3 Å². The molecule has 0 bridgehead atoms. The van der Waals surface area contributed by atoms with E-state index < -0.39 is 0 Å². The molecule has 1 aliphatic rings. The van der Waals surface area contributed by atoms with Crippen molar-refractivity contribution in [3.8, 4) is 5.75 Å². The summed E-state index contributed by atoms with van der Waals surface area (Å²) < 4.78 is 16.4. The summed E-state index contributed by atoms with van der Waals surface area (Å²) in [5, 5.41) is 0. The van der Waals surface area contributed by atoms with Crippen LogP contribution in [0.5, 0.6) is 5.75 Å². The third kappa shape index (κ3) is 3.40. The lowest BCUT2D eigenvalue weighted by Crippen LogP contribution is -2.26. The third-order valence-electron chi connectivity index (χ3n) is 2.40. The van der Waals surface area contributed by atoms with Crippen LogP contribution in [-0.4, -0.2) is 26.1 Å². The molecule has 0 saturated carbocycles. The van der Waals surface area contributed by atoms with Gasteiger partial charge in [0, 0.05) is 12.1 Å². The van der Waals surface area contributed by atoms with Gasteiger partial charge in [0.2, 0.25) is 0 Å². The standard InChI is InChI=1S/C12H17NO3/c13-10-2-4-11(5-3-10)14-9-6-12-15-7-1-8-16-12/h2-5,12H,1,6-9,13H2. The first kappa shape index (κ1) is 11.2. The monoisotopic (exact) mass is 223 g/mol. The van der Waals surface area contributed by atoms with E-state index in [0.717, 1.165) is 37.5 Å². The van der Waals surface area contributed by atoms with E-state index >= 15 is 0 Å². The largest absolute Gasteiger partial charge is 0.493 e. The van der Waals surface area contributed by atoms with Crippen LogP contribution < -0.4 is 10.5 Å². The summed E-state index contributed by atoms with van der Waals surface area (Å²) in [5.41, 5.74) is 6.32. The Morgan fingerprint density at radius 2 is 1.88 bits per heavy atom. The second-order valence-electron chi connectivity index (χ2n) is 3.73. The van der Waals surface area contributed by atoms with Gasteiger partial charge in [0.1, 0.15) is 5.75 Å². The second-order valence-corrected chi connectivity index (χ2v) is 3.73. The summed E-state index contributed by atoms with van der Waals surface area (Å²) in [6.45, 7) is 2.16. The smallest absolute Gasteiger partial charge is 0.160 e. The molecule has 1 aromatic carbocycles. The van der Waals surface area contributed by atoms with E-state index in [1.165, 1.54) is 0 Å². The van der Waals surface area contributed by atoms with Crippen molar-refractivity contribution in [1.82, 2.24) is 0 Å². The predicted molar refractivity (Wildman–Crippen MR) is 61.3 cm³/mol. The van der Waals surface area contributed by atoms with Crippen molar-refractivity contribution in [1.29, 1.82) is 0 Å². The summed E-state index contributed by atoms with van der Waals surface area (Å²) in [7, 11) is 0. The van der Waals surface area contributed by atoms with Crippen molar-refractivity contribution < 1.29 is 14.2 Å². The first-order valence-corrected chi connectivity index (χ1v) is 5.56. The van der Waals surface area contributed by atoms with Crippen LogP contribution in [0.15, 0.2) is 24.3 Å². The van der Waals surface area contributed by atoms with E-state index in [4.69, 9.17) is 19.9 Å².